The predicted molar refractivity (Wildman–Crippen MR) is 52.4 cm³/mol. The Morgan fingerprint density at radius 2 is 2.21 bits per heavy atom. The van der Waals surface area contributed by atoms with Gasteiger partial charge in [-0.05, 0) is 18.1 Å². The summed E-state index contributed by atoms with van der Waals surface area (Å²) >= 11 is 5.74. The van der Waals surface area contributed by atoms with E-state index in [0.29, 0.717) is 5.56 Å². The number of aliphatic carboxylic acids is 1. The molecule has 0 spiro atoms. The molecule has 1 aromatic rings. The molecule has 0 aliphatic heterocycles. The van der Waals surface area contributed by atoms with Crippen LogP contribution < -0.4 is 5.73 Å². The van der Waals surface area contributed by atoms with Crippen LogP contribution in [0.15, 0.2) is 18.2 Å². The molecule has 14 heavy (non-hydrogen) atoms. The van der Waals surface area contributed by atoms with Crippen molar-refractivity contribution in [1.29, 1.82) is 0 Å². The number of carboxylic acid groups (broad SMARTS) is 1. The second kappa shape index (κ2) is 4.30. The number of benzene rings is 1. The van der Waals surface area contributed by atoms with E-state index in [-0.39, 0.29) is 17.2 Å². The van der Waals surface area contributed by atoms with Gasteiger partial charge in [-0.1, -0.05) is 23.7 Å². The average molecular weight is 216 g/mol. The number of nitrogens with two attached hydrogens (primary N) is 1. The fourth-order valence-electron chi connectivity index (χ4n) is 1.05. The molecule has 0 bridgehead atoms. The van der Waals surface area contributed by atoms with E-state index in [1.54, 1.807) is 12.1 Å². The molecule has 0 saturated heterocycles. The standard InChI is InChI=1S/C9H10ClNO3/c10-8-5(2-1-3-7(8)12)4-6(11)9(13)14/h1-3,6,12H,4,11H2,(H,13,14)/t6-/m0/s1. The number of hydrogen-bond donors (Lipinski definition) is 3. The van der Waals surface area contributed by atoms with Crippen LogP contribution in [0, 0.1) is 0 Å². The molecule has 0 aromatic heterocycles. The van der Waals surface area contributed by atoms with Crippen LogP contribution >= 0.6 is 11.6 Å². The highest BCUT2D eigenvalue weighted by Crippen LogP contribution is 2.27. The molecule has 4 nitrogen and oxygen atoms in total. The summed E-state index contributed by atoms with van der Waals surface area (Å²) in [4.78, 5) is 10.5. The molecule has 1 atom stereocenters. The number of carbonyl (C=O) groups is 1. The quantitative estimate of drug-likeness (QED) is 0.703. The molecule has 0 radical (unpaired) electrons. The average Bonchev–Trinajstić information content (AvgIpc) is 2.12. The zero-order chi connectivity index (χ0) is 10.7. The van der Waals surface area contributed by atoms with Crippen LogP contribution in [0.5, 0.6) is 5.75 Å². The van der Waals surface area contributed by atoms with Gasteiger partial charge in [0.05, 0.1) is 5.02 Å². The minimum absolute atomic E-state index is 0.0678. The molecule has 1 rings (SSSR count). The summed E-state index contributed by atoms with van der Waals surface area (Å²) in [6, 6.07) is 3.64. The van der Waals surface area contributed by atoms with Crippen molar-refractivity contribution < 1.29 is 15.0 Å². The number of rotatable bonds is 3. The Morgan fingerprint density at radius 1 is 1.57 bits per heavy atom. The highest BCUT2D eigenvalue weighted by Gasteiger charge is 2.14. The molecule has 76 valence electrons. The molecule has 0 aliphatic carbocycles. The SMILES string of the molecule is N[C@@H](Cc1cccc(O)c1Cl)C(=O)O. The van der Waals surface area contributed by atoms with E-state index in [9.17, 15) is 9.90 Å². The van der Waals surface area contributed by atoms with Gasteiger partial charge in [0.1, 0.15) is 11.8 Å². The van der Waals surface area contributed by atoms with Crippen LogP contribution in [0.2, 0.25) is 5.02 Å². The molecule has 0 fully saturated rings. The van der Waals surface area contributed by atoms with Crippen LogP contribution in [0.1, 0.15) is 5.56 Å². The van der Waals surface area contributed by atoms with Gasteiger partial charge >= 0.3 is 5.97 Å². The molecule has 1 aromatic carbocycles. The summed E-state index contributed by atoms with van der Waals surface area (Å²) in [5.41, 5.74) is 5.86. The van der Waals surface area contributed by atoms with Crippen LogP contribution in [0.4, 0.5) is 0 Å². The minimum Gasteiger partial charge on any atom is -0.506 e. The van der Waals surface area contributed by atoms with E-state index >= 15 is 0 Å². The number of halogens is 1. The molecular weight excluding hydrogens is 206 g/mol. The Balaban J connectivity index is 2.87. The Labute approximate surface area is 85.9 Å². The number of phenols is 1. The molecule has 0 amide bonds. The molecule has 0 unspecified atom stereocenters. The maximum absolute atomic E-state index is 10.5. The maximum atomic E-state index is 10.5. The third kappa shape index (κ3) is 2.37. The fourth-order valence-corrected chi connectivity index (χ4v) is 1.25. The van der Waals surface area contributed by atoms with E-state index in [4.69, 9.17) is 22.4 Å². The lowest BCUT2D eigenvalue weighted by molar-refractivity contribution is -0.138. The normalized spacial score (nSPS) is 12.4. The first-order chi connectivity index (χ1) is 6.52. The third-order valence-electron chi connectivity index (χ3n) is 1.82. The van der Waals surface area contributed by atoms with Gasteiger partial charge in [-0.3, -0.25) is 4.79 Å². The first-order valence-electron chi connectivity index (χ1n) is 3.97. The van der Waals surface area contributed by atoms with Crippen LogP contribution in [0.25, 0.3) is 0 Å². The molecule has 4 N–H and O–H groups in total. The van der Waals surface area contributed by atoms with E-state index in [2.05, 4.69) is 0 Å². The largest absolute Gasteiger partial charge is 0.506 e. The van der Waals surface area contributed by atoms with Crippen molar-refractivity contribution in [3.05, 3.63) is 28.8 Å². The van der Waals surface area contributed by atoms with Crippen molar-refractivity contribution in [2.45, 2.75) is 12.5 Å². The van der Waals surface area contributed by atoms with Gasteiger partial charge in [-0.15, -0.1) is 0 Å². The van der Waals surface area contributed by atoms with E-state index in [0.717, 1.165) is 0 Å². The van der Waals surface area contributed by atoms with Crippen LogP contribution in [0.3, 0.4) is 0 Å². The Hall–Kier alpha value is -1.26. The van der Waals surface area contributed by atoms with Crippen molar-refractivity contribution >= 4 is 17.6 Å². The van der Waals surface area contributed by atoms with Crippen LogP contribution in [-0.4, -0.2) is 22.2 Å². The Bertz CT molecular complexity index is 354. The lowest BCUT2D eigenvalue weighted by atomic mass is 10.1. The monoisotopic (exact) mass is 215 g/mol. The summed E-state index contributed by atoms with van der Waals surface area (Å²) < 4.78 is 0. The third-order valence-corrected chi connectivity index (χ3v) is 2.25. The topological polar surface area (TPSA) is 83.5 Å². The molecule has 0 heterocycles. The van der Waals surface area contributed by atoms with Crippen molar-refractivity contribution in [1.82, 2.24) is 0 Å². The highest BCUT2D eigenvalue weighted by molar-refractivity contribution is 6.32. The first kappa shape index (κ1) is 10.8. The van der Waals surface area contributed by atoms with Crippen molar-refractivity contribution in [3.8, 4) is 5.75 Å². The predicted octanol–water partition coefficient (Wildman–Crippen LogP) is 1.00. The van der Waals surface area contributed by atoms with Gasteiger partial charge in [-0.25, -0.2) is 0 Å². The summed E-state index contributed by atoms with van der Waals surface area (Å²) in [6.45, 7) is 0. The Kier molecular flexibility index (Phi) is 3.33. The van der Waals surface area contributed by atoms with Crippen molar-refractivity contribution in [3.63, 3.8) is 0 Å². The number of carboxylic acids is 1. The van der Waals surface area contributed by atoms with Gasteiger partial charge in [-0.2, -0.15) is 0 Å². The lowest BCUT2D eigenvalue weighted by Gasteiger charge is -2.08. The number of aromatic hydroxyl groups is 1. The molecule has 5 heteroatoms. The first-order valence-corrected chi connectivity index (χ1v) is 4.35. The Morgan fingerprint density at radius 3 is 2.79 bits per heavy atom. The van der Waals surface area contributed by atoms with E-state index in [1.807, 2.05) is 0 Å². The van der Waals surface area contributed by atoms with E-state index < -0.39 is 12.0 Å². The van der Waals surface area contributed by atoms with E-state index in [1.165, 1.54) is 6.07 Å². The number of phenolic OH excluding ortho intramolecular Hbond substituents is 1. The second-order valence-corrected chi connectivity index (χ2v) is 3.28. The molecular formula is C9H10ClNO3. The summed E-state index contributed by atoms with van der Waals surface area (Å²) in [7, 11) is 0. The highest BCUT2D eigenvalue weighted by atomic mass is 35.5. The van der Waals surface area contributed by atoms with Gasteiger partial charge < -0.3 is 15.9 Å². The fraction of sp³-hybridized carbons (Fsp3) is 0.222. The molecule has 0 saturated carbocycles. The summed E-state index contributed by atoms with van der Waals surface area (Å²) in [5, 5.41) is 18.0. The van der Waals surface area contributed by atoms with Crippen molar-refractivity contribution in [2.24, 2.45) is 5.73 Å². The maximum Gasteiger partial charge on any atom is 0.320 e. The second-order valence-electron chi connectivity index (χ2n) is 2.90. The summed E-state index contributed by atoms with van der Waals surface area (Å²) in [6.07, 6.45) is 0.0998. The zero-order valence-electron chi connectivity index (χ0n) is 7.27. The molecule has 0 aliphatic rings. The van der Waals surface area contributed by atoms with Gasteiger partial charge in [0.25, 0.3) is 0 Å². The van der Waals surface area contributed by atoms with Crippen LogP contribution in [-0.2, 0) is 11.2 Å². The van der Waals surface area contributed by atoms with Gasteiger partial charge in [0.15, 0.2) is 0 Å². The smallest absolute Gasteiger partial charge is 0.320 e. The number of hydrogen-bond acceptors (Lipinski definition) is 3. The summed E-state index contributed by atoms with van der Waals surface area (Å²) in [5.74, 6) is -1.16. The zero-order valence-corrected chi connectivity index (χ0v) is 8.03. The van der Waals surface area contributed by atoms with Gasteiger partial charge in [0, 0.05) is 0 Å². The minimum atomic E-state index is -1.09. The van der Waals surface area contributed by atoms with Gasteiger partial charge in [0.2, 0.25) is 0 Å². The lowest BCUT2D eigenvalue weighted by Crippen LogP contribution is -2.32. The van der Waals surface area contributed by atoms with Crippen molar-refractivity contribution in [2.75, 3.05) is 0 Å².